The Bertz CT molecular complexity index is 253. The molecule has 1 aromatic heterocycles. The third-order valence-corrected chi connectivity index (χ3v) is 3.03. The van der Waals surface area contributed by atoms with Crippen molar-refractivity contribution >= 4 is 15.9 Å². The number of halogens is 1. The summed E-state index contributed by atoms with van der Waals surface area (Å²) in [6.45, 7) is 2.24. The first kappa shape index (κ1) is 8.32. The molecular formula is C9H12BrNO. The van der Waals surface area contributed by atoms with E-state index in [1.165, 1.54) is 18.4 Å². The van der Waals surface area contributed by atoms with Crippen LogP contribution in [-0.4, -0.2) is 13.1 Å². The third kappa shape index (κ3) is 1.57. The minimum Gasteiger partial charge on any atom is -0.457 e. The Labute approximate surface area is 80.5 Å². The largest absolute Gasteiger partial charge is 0.457 e. The summed E-state index contributed by atoms with van der Waals surface area (Å²) in [5.74, 6) is 0.631. The molecule has 1 aliphatic rings. The summed E-state index contributed by atoms with van der Waals surface area (Å²) in [5.41, 5.74) is 1.31. The fourth-order valence-electron chi connectivity index (χ4n) is 1.71. The highest BCUT2D eigenvalue weighted by Gasteiger charge is 2.18. The lowest BCUT2D eigenvalue weighted by atomic mass is 9.94. The average Bonchev–Trinajstić information content (AvgIpc) is 2.53. The van der Waals surface area contributed by atoms with E-state index in [9.17, 15) is 0 Å². The van der Waals surface area contributed by atoms with Crippen molar-refractivity contribution in [3.63, 3.8) is 0 Å². The van der Waals surface area contributed by atoms with E-state index in [2.05, 4.69) is 27.3 Å². The maximum absolute atomic E-state index is 5.21. The lowest BCUT2D eigenvalue weighted by molar-refractivity contribution is 0.451. The van der Waals surface area contributed by atoms with Gasteiger partial charge in [0, 0.05) is 18.0 Å². The van der Waals surface area contributed by atoms with Crippen molar-refractivity contribution < 1.29 is 4.42 Å². The maximum Gasteiger partial charge on any atom is 0.172 e. The molecule has 0 spiro atoms. The van der Waals surface area contributed by atoms with E-state index in [1.807, 2.05) is 0 Å². The van der Waals surface area contributed by atoms with Gasteiger partial charge in [-0.15, -0.1) is 0 Å². The monoisotopic (exact) mass is 229 g/mol. The summed E-state index contributed by atoms with van der Waals surface area (Å²) in [6.07, 6.45) is 4.28. The van der Waals surface area contributed by atoms with Crippen molar-refractivity contribution in [1.29, 1.82) is 0 Å². The number of rotatable bonds is 1. The molecule has 3 heteroatoms. The van der Waals surface area contributed by atoms with Crippen LogP contribution in [0.2, 0.25) is 0 Å². The van der Waals surface area contributed by atoms with Crippen LogP contribution in [0.1, 0.15) is 24.3 Å². The van der Waals surface area contributed by atoms with Crippen molar-refractivity contribution in [3.05, 3.63) is 22.6 Å². The van der Waals surface area contributed by atoms with Crippen LogP contribution in [0.25, 0.3) is 0 Å². The molecule has 0 radical (unpaired) electrons. The first-order chi connectivity index (χ1) is 5.88. The fourth-order valence-corrected chi connectivity index (χ4v) is 2.28. The fraction of sp³-hybridized carbons (Fsp3) is 0.556. The number of hydrogen-bond donors (Lipinski definition) is 1. The SMILES string of the molecule is Brc1occc1C1CCCNC1. The van der Waals surface area contributed by atoms with Crippen LogP contribution in [-0.2, 0) is 0 Å². The van der Waals surface area contributed by atoms with Gasteiger partial charge < -0.3 is 9.73 Å². The molecule has 1 unspecified atom stereocenters. The summed E-state index contributed by atoms with van der Waals surface area (Å²) >= 11 is 3.41. The summed E-state index contributed by atoms with van der Waals surface area (Å²) in [7, 11) is 0. The van der Waals surface area contributed by atoms with E-state index >= 15 is 0 Å². The molecule has 1 aromatic rings. The summed E-state index contributed by atoms with van der Waals surface area (Å²) in [6, 6.07) is 2.06. The van der Waals surface area contributed by atoms with Gasteiger partial charge in [0.15, 0.2) is 4.67 Å². The van der Waals surface area contributed by atoms with Gasteiger partial charge in [0.1, 0.15) is 0 Å². The topological polar surface area (TPSA) is 25.2 Å². The van der Waals surface area contributed by atoms with E-state index in [1.54, 1.807) is 6.26 Å². The average molecular weight is 230 g/mol. The van der Waals surface area contributed by atoms with E-state index in [-0.39, 0.29) is 0 Å². The van der Waals surface area contributed by atoms with Gasteiger partial charge in [0.25, 0.3) is 0 Å². The molecule has 2 rings (SSSR count). The predicted molar refractivity (Wildman–Crippen MR) is 51.3 cm³/mol. The number of piperidine rings is 1. The smallest absolute Gasteiger partial charge is 0.172 e. The molecule has 1 atom stereocenters. The standard InChI is InChI=1S/C9H12BrNO/c10-9-8(3-5-12-9)7-2-1-4-11-6-7/h3,5,7,11H,1-2,4,6H2. The molecule has 0 aliphatic carbocycles. The van der Waals surface area contributed by atoms with Crippen LogP contribution in [0, 0.1) is 0 Å². The second-order valence-corrected chi connectivity index (χ2v) is 3.91. The summed E-state index contributed by atoms with van der Waals surface area (Å²) < 4.78 is 6.11. The zero-order valence-corrected chi connectivity index (χ0v) is 8.43. The maximum atomic E-state index is 5.21. The van der Waals surface area contributed by atoms with Crippen molar-refractivity contribution in [2.24, 2.45) is 0 Å². The molecule has 2 nitrogen and oxygen atoms in total. The van der Waals surface area contributed by atoms with E-state index in [0.29, 0.717) is 5.92 Å². The Morgan fingerprint density at radius 1 is 1.58 bits per heavy atom. The number of furan rings is 1. The Hall–Kier alpha value is -0.280. The molecule has 1 aliphatic heterocycles. The minimum absolute atomic E-state index is 0.631. The van der Waals surface area contributed by atoms with Crippen LogP contribution in [0.5, 0.6) is 0 Å². The highest BCUT2D eigenvalue weighted by Crippen LogP contribution is 2.30. The van der Waals surface area contributed by atoms with Crippen LogP contribution in [0.15, 0.2) is 21.4 Å². The van der Waals surface area contributed by atoms with Crippen LogP contribution >= 0.6 is 15.9 Å². The van der Waals surface area contributed by atoms with Gasteiger partial charge in [0.2, 0.25) is 0 Å². The molecule has 12 heavy (non-hydrogen) atoms. The summed E-state index contributed by atoms with van der Waals surface area (Å²) in [5, 5.41) is 3.39. The number of nitrogens with one attached hydrogen (secondary N) is 1. The number of hydrogen-bond acceptors (Lipinski definition) is 2. The van der Waals surface area contributed by atoms with Gasteiger partial charge >= 0.3 is 0 Å². The Morgan fingerprint density at radius 2 is 2.50 bits per heavy atom. The molecular weight excluding hydrogens is 218 g/mol. The molecule has 1 N–H and O–H groups in total. The first-order valence-electron chi connectivity index (χ1n) is 4.31. The predicted octanol–water partition coefficient (Wildman–Crippen LogP) is 2.51. The second-order valence-electron chi connectivity index (χ2n) is 3.19. The van der Waals surface area contributed by atoms with Gasteiger partial charge in [-0.05, 0) is 41.4 Å². The van der Waals surface area contributed by atoms with Crippen molar-refractivity contribution in [2.75, 3.05) is 13.1 Å². The van der Waals surface area contributed by atoms with Crippen molar-refractivity contribution in [1.82, 2.24) is 5.32 Å². The second kappa shape index (κ2) is 3.62. The molecule has 2 heterocycles. The van der Waals surface area contributed by atoms with Gasteiger partial charge in [-0.25, -0.2) is 0 Å². The molecule has 0 amide bonds. The molecule has 1 saturated heterocycles. The van der Waals surface area contributed by atoms with Crippen molar-refractivity contribution in [2.45, 2.75) is 18.8 Å². The molecule has 66 valence electrons. The van der Waals surface area contributed by atoms with Crippen LogP contribution in [0.3, 0.4) is 0 Å². The third-order valence-electron chi connectivity index (χ3n) is 2.38. The van der Waals surface area contributed by atoms with E-state index < -0.39 is 0 Å². The first-order valence-corrected chi connectivity index (χ1v) is 5.11. The Morgan fingerprint density at radius 3 is 3.08 bits per heavy atom. The lowest BCUT2D eigenvalue weighted by Gasteiger charge is -2.21. The molecule has 0 aromatic carbocycles. The van der Waals surface area contributed by atoms with Gasteiger partial charge in [-0.3, -0.25) is 0 Å². The Kier molecular flexibility index (Phi) is 2.51. The van der Waals surface area contributed by atoms with Crippen molar-refractivity contribution in [3.8, 4) is 0 Å². The van der Waals surface area contributed by atoms with Crippen LogP contribution in [0.4, 0.5) is 0 Å². The Balaban J connectivity index is 2.13. The lowest BCUT2D eigenvalue weighted by Crippen LogP contribution is -2.28. The van der Waals surface area contributed by atoms with E-state index in [4.69, 9.17) is 4.42 Å². The van der Waals surface area contributed by atoms with E-state index in [0.717, 1.165) is 17.8 Å². The zero-order chi connectivity index (χ0) is 8.39. The van der Waals surface area contributed by atoms with Gasteiger partial charge in [-0.2, -0.15) is 0 Å². The quantitative estimate of drug-likeness (QED) is 0.801. The van der Waals surface area contributed by atoms with Crippen LogP contribution < -0.4 is 5.32 Å². The van der Waals surface area contributed by atoms with Gasteiger partial charge in [-0.1, -0.05) is 0 Å². The minimum atomic E-state index is 0.631. The zero-order valence-electron chi connectivity index (χ0n) is 6.85. The highest BCUT2D eigenvalue weighted by atomic mass is 79.9. The molecule has 0 saturated carbocycles. The molecule has 0 bridgehead atoms. The highest BCUT2D eigenvalue weighted by molar-refractivity contribution is 9.10. The molecule has 1 fully saturated rings. The van der Waals surface area contributed by atoms with Gasteiger partial charge in [0.05, 0.1) is 6.26 Å². The normalized spacial score (nSPS) is 24.2. The summed E-state index contributed by atoms with van der Waals surface area (Å²) in [4.78, 5) is 0.